The van der Waals surface area contributed by atoms with E-state index in [-0.39, 0.29) is 16.2 Å². The van der Waals surface area contributed by atoms with E-state index < -0.39 is 30.1 Å². The molecule has 30 heavy (non-hydrogen) atoms. The van der Waals surface area contributed by atoms with E-state index in [1.54, 1.807) is 6.07 Å². The molecule has 0 aliphatic carbocycles. The molecule has 0 spiro atoms. The fourth-order valence-electron chi connectivity index (χ4n) is 2.20. The minimum atomic E-state index is -2.80. The molecular weight excluding hydrogens is 563 g/mol. The lowest BCUT2D eigenvalue weighted by Gasteiger charge is -2.02. The highest BCUT2D eigenvalue weighted by Gasteiger charge is 2.15. The van der Waals surface area contributed by atoms with E-state index >= 15 is 0 Å². The largest absolute Gasteiger partial charge is 0.304 e. The average molecular weight is 571 g/mol. The maximum Gasteiger partial charge on any atom is 0.297 e. The Balaban J connectivity index is 0.000000171. The van der Waals surface area contributed by atoms with Crippen molar-refractivity contribution in [3.63, 3.8) is 0 Å². The Morgan fingerprint density at radius 1 is 0.867 bits per heavy atom. The number of aromatic nitrogens is 6. The van der Waals surface area contributed by atoms with Gasteiger partial charge in [-0.15, -0.1) is 0 Å². The first-order valence-electron chi connectivity index (χ1n) is 7.76. The normalized spacial score (nSPS) is 11.2. The second kappa shape index (κ2) is 9.27. The molecular formula is C16H7Br2ClF4N6O. The summed E-state index contributed by atoms with van der Waals surface area (Å²) in [6, 6.07) is 3.02. The van der Waals surface area contributed by atoms with Crippen molar-refractivity contribution >= 4 is 65.5 Å². The summed E-state index contributed by atoms with van der Waals surface area (Å²) in [7, 11) is 0. The first-order valence-corrected chi connectivity index (χ1v) is 9.72. The van der Waals surface area contributed by atoms with Crippen LogP contribution in [-0.2, 0) is 0 Å². The van der Waals surface area contributed by atoms with Crippen LogP contribution in [0.15, 0.2) is 38.3 Å². The maximum absolute atomic E-state index is 12.4. The van der Waals surface area contributed by atoms with Gasteiger partial charge in [-0.3, -0.25) is 9.78 Å². The molecule has 0 bridgehead atoms. The van der Waals surface area contributed by atoms with E-state index in [1.165, 1.54) is 18.5 Å². The number of rotatable bonds is 2. The summed E-state index contributed by atoms with van der Waals surface area (Å²) in [5.74, 6) is -1.24. The molecule has 156 valence electrons. The second-order valence-electron chi connectivity index (χ2n) is 5.47. The standard InChI is InChI=1S/C8H3BrClF2N3.C8H4BrF2N3O/c9-3-1-4-5(13-2-3)6(10)15-8(14-4)7(11)12;9-3-1-4-5(12-2-3)8(15)14-7(13-4)6(10)11/h1-2,7H;1-2,6H,(H,13,14,15). The quantitative estimate of drug-likeness (QED) is 0.256. The molecule has 4 aromatic rings. The van der Waals surface area contributed by atoms with Gasteiger partial charge in [-0.05, 0) is 44.0 Å². The van der Waals surface area contributed by atoms with Gasteiger partial charge in [-0.1, -0.05) is 11.6 Å². The number of aromatic amines is 1. The molecule has 0 unspecified atom stereocenters. The highest BCUT2D eigenvalue weighted by molar-refractivity contribution is 9.10. The Morgan fingerprint density at radius 3 is 2.00 bits per heavy atom. The van der Waals surface area contributed by atoms with Crippen LogP contribution < -0.4 is 5.56 Å². The van der Waals surface area contributed by atoms with Gasteiger partial charge >= 0.3 is 0 Å². The number of hydrogen-bond acceptors (Lipinski definition) is 6. The predicted molar refractivity (Wildman–Crippen MR) is 108 cm³/mol. The summed E-state index contributed by atoms with van der Waals surface area (Å²) in [5, 5.41) is -0.0669. The molecule has 0 saturated heterocycles. The van der Waals surface area contributed by atoms with E-state index in [0.717, 1.165) is 0 Å². The lowest BCUT2D eigenvalue weighted by atomic mass is 10.3. The summed E-state index contributed by atoms with van der Waals surface area (Å²) in [4.78, 5) is 31.7. The summed E-state index contributed by atoms with van der Waals surface area (Å²) in [6.45, 7) is 0. The highest BCUT2D eigenvalue weighted by Crippen LogP contribution is 2.24. The minimum Gasteiger partial charge on any atom is -0.304 e. The van der Waals surface area contributed by atoms with E-state index in [9.17, 15) is 22.4 Å². The smallest absolute Gasteiger partial charge is 0.297 e. The third-order valence-corrected chi connectivity index (χ3v) is 4.54. The molecule has 0 aromatic carbocycles. The van der Waals surface area contributed by atoms with Crippen molar-refractivity contribution < 1.29 is 17.6 Å². The number of fused-ring (bicyclic) bond motifs is 2. The number of hydrogen-bond donors (Lipinski definition) is 1. The van der Waals surface area contributed by atoms with Crippen LogP contribution in [0.2, 0.25) is 5.15 Å². The van der Waals surface area contributed by atoms with Crippen molar-refractivity contribution in [2.45, 2.75) is 12.9 Å². The van der Waals surface area contributed by atoms with Crippen molar-refractivity contribution in [1.29, 1.82) is 0 Å². The molecule has 0 aliphatic rings. The van der Waals surface area contributed by atoms with Crippen molar-refractivity contribution in [3.8, 4) is 0 Å². The predicted octanol–water partition coefficient (Wildman–Crippen LogP) is 5.40. The zero-order chi connectivity index (χ0) is 22.0. The van der Waals surface area contributed by atoms with Gasteiger partial charge < -0.3 is 4.98 Å². The van der Waals surface area contributed by atoms with Crippen molar-refractivity contribution in [1.82, 2.24) is 29.9 Å². The third kappa shape index (κ3) is 5.08. The molecule has 7 nitrogen and oxygen atoms in total. The Bertz CT molecular complexity index is 1290. The Morgan fingerprint density at radius 2 is 1.43 bits per heavy atom. The molecule has 0 amide bonds. The highest BCUT2D eigenvalue weighted by atomic mass is 79.9. The molecule has 0 atom stereocenters. The van der Waals surface area contributed by atoms with Crippen molar-refractivity contribution in [3.05, 3.63) is 60.6 Å². The van der Waals surface area contributed by atoms with Crippen LogP contribution in [0.4, 0.5) is 17.6 Å². The summed E-state index contributed by atoms with van der Waals surface area (Å²) >= 11 is 12.0. The third-order valence-electron chi connectivity index (χ3n) is 3.41. The molecule has 0 radical (unpaired) electrons. The van der Waals surface area contributed by atoms with Crippen molar-refractivity contribution in [2.24, 2.45) is 0 Å². The molecule has 0 aliphatic heterocycles. The van der Waals surface area contributed by atoms with Crippen LogP contribution in [0, 0.1) is 0 Å². The van der Waals surface area contributed by atoms with Crippen LogP contribution in [-0.4, -0.2) is 29.9 Å². The van der Waals surface area contributed by atoms with Gasteiger partial charge in [-0.2, -0.15) is 0 Å². The topological polar surface area (TPSA) is 97.3 Å². The molecule has 0 saturated carbocycles. The summed E-state index contributed by atoms with van der Waals surface area (Å²) in [5.41, 5.74) is 0.123. The number of nitrogens with one attached hydrogen (secondary N) is 1. The Labute approximate surface area is 186 Å². The van der Waals surface area contributed by atoms with Gasteiger partial charge in [-0.25, -0.2) is 37.5 Å². The van der Waals surface area contributed by atoms with E-state index in [0.29, 0.717) is 20.0 Å². The van der Waals surface area contributed by atoms with Gasteiger partial charge in [0.2, 0.25) is 0 Å². The zero-order valence-corrected chi connectivity index (χ0v) is 18.2. The first kappa shape index (κ1) is 22.4. The molecule has 1 N–H and O–H groups in total. The number of nitrogens with zero attached hydrogens (tertiary/aromatic N) is 5. The van der Waals surface area contributed by atoms with Crippen LogP contribution in [0.25, 0.3) is 22.1 Å². The lowest BCUT2D eigenvalue weighted by Crippen LogP contribution is -2.13. The zero-order valence-electron chi connectivity index (χ0n) is 14.3. The summed E-state index contributed by atoms with van der Waals surface area (Å²) < 4.78 is 50.6. The fraction of sp³-hybridized carbons (Fsp3) is 0.125. The number of pyridine rings is 2. The van der Waals surface area contributed by atoms with Gasteiger partial charge in [0, 0.05) is 21.3 Å². The van der Waals surface area contributed by atoms with Crippen LogP contribution in [0.1, 0.15) is 24.5 Å². The molecule has 0 fully saturated rings. The molecule has 14 heteroatoms. The van der Waals surface area contributed by atoms with E-state index in [2.05, 4.69) is 56.8 Å². The monoisotopic (exact) mass is 568 g/mol. The minimum absolute atomic E-state index is 0.0441. The van der Waals surface area contributed by atoms with E-state index in [1.807, 2.05) is 4.98 Å². The van der Waals surface area contributed by atoms with Crippen LogP contribution >= 0.6 is 43.5 Å². The second-order valence-corrected chi connectivity index (χ2v) is 7.66. The van der Waals surface area contributed by atoms with E-state index in [4.69, 9.17) is 11.6 Å². The summed E-state index contributed by atoms with van der Waals surface area (Å²) in [6.07, 6.45) is -2.65. The number of halogens is 7. The van der Waals surface area contributed by atoms with Gasteiger partial charge in [0.15, 0.2) is 22.3 Å². The Hall–Kier alpha value is -2.25. The molecule has 4 heterocycles. The first-order chi connectivity index (χ1) is 14.2. The van der Waals surface area contributed by atoms with Crippen LogP contribution in [0.5, 0.6) is 0 Å². The van der Waals surface area contributed by atoms with Gasteiger partial charge in [0.1, 0.15) is 5.52 Å². The fourth-order valence-corrected chi connectivity index (χ4v) is 3.07. The van der Waals surface area contributed by atoms with Gasteiger partial charge in [0.05, 0.1) is 11.0 Å². The van der Waals surface area contributed by atoms with Gasteiger partial charge in [0.25, 0.3) is 18.4 Å². The lowest BCUT2D eigenvalue weighted by molar-refractivity contribution is 0.140. The average Bonchev–Trinajstić information content (AvgIpc) is 2.67. The maximum atomic E-state index is 12.4. The Kier molecular flexibility index (Phi) is 6.93. The molecule has 4 aromatic heterocycles. The molecule has 4 rings (SSSR count). The van der Waals surface area contributed by atoms with Crippen molar-refractivity contribution in [2.75, 3.05) is 0 Å². The number of H-pyrrole nitrogens is 1. The SMILES string of the molecule is FC(F)c1nc(Cl)c2ncc(Br)cc2n1.O=c1[nH]c(C(F)F)nc2cc(Br)cnc12. The van der Waals surface area contributed by atoms with Crippen LogP contribution in [0.3, 0.4) is 0 Å². The number of alkyl halides is 4.